The highest BCUT2D eigenvalue weighted by atomic mass is 16.2. The number of aromatic nitrogens is 2. The van der Waals surface area contributed by atoms with E-state index in [0.717, 1.165) is 18.7 Å². The van der Waals surface area contributed by atoms with Gasteiger partial charge in [0.1, 0.15) is 6.33 Å². The topological polar surface area (TPSA) is 55.2 Å². The fraction of sp³-hybridized carbons (Fsp3) is 0.500. The van der Waals surface area contributed by atoms with E-state index >= 15 is 0 Å². The summed E-state index contributed by atoms with van der Waals surface area (Å²) in [7, 11) is 0. The Balaban J connectivity index is 1.46. The number of benzene rings is 1. The van der Waals surface area contributed by atoms with E-state index in [2.05, 4.69) is 4.98 Å². The molecule has 2 aliphatic rings. The molecule has 4 rings (SSSR count). The third-order valence-corrected chi connectivity index (χ3v) is 6.18. The van der Waals surface area contributed by atoms with Gasteiger partial charge in [0.2, 0.25) is 11.8 Å². The summed E-state index contributed by atoms with van der Waals surface area (Å²) in [6.07, 6.45) is 10.7. The van der Waals surface area contributed by atoms with E-state index in [0.29, 0.717) is 18.3 Å². The van der Waals surface area contributed by atoms with Crippen molar-refractivity contribution in [2.75, 3.05) is 13.1 Å². The number of hydrogen-bond acceptors (Lipinski definition) is 3. The molecule has 2 heterocycles. The lowest BCUT2D eigenvalue weighted by Crippen LogP contribution is -2.34. The summed E-state index contributed by atoms with van der Waals surface area (Å²) in [6.45, 7) is 1.75. The van der Waals surface area contributed by atoms with Crippen molar-refractivity contribution in [2.24, 2.45) is 17.8 Å². The molecule has 0 spiro atoms. The van der Waals surface area contributed by atoms with Gasteiger partial charge in [-0.25, -0.2) is 4.98 Å². The third kappa shape index (κ3) is 4.12. The highest BCUT2D eigenvalue weighted by molar-refractivity contribution is 5.87. The first-order valence-electron chi connectivity index (χ1n) is 10.0. The lowest BCUT2D eigenvalue weighted by Gasteiger charge is -2.22. The first-order chi connectivity index (χ1) is 13.2. The number of imidazole rings is 1. The highest BCUT2D eigenvalue weighted by Crippen LogP contribution is 2.36. The van der Waals surface area contributed by atoms with Gasteiger partial charge in [-0.1, -0.05) is 43.2 Å². The molecule has 0 bridgehead atoms. The van der Waals surface area contributed by atoms with Gasteiger partial charge in [-0.2, -0.15) is 0 Å². The molecule has 5 heteroatoms. The van der Waals surface area contributed by atoms with Gasteiger partial charge >= 0.3 is 0 Å². The average molecular weight is 365 g/mol. The van der Waals surface area contributed by atoms with Gasteiger partial charge in [-0.15, -0.1) is 0 Å². The van der Waals surface area contributed by atoms with E-state index in [-0.39, 0.29) is 24.2 Å². The van der Waals surface area contributed by atoms with Crippen LogP contribution in [0.3, 0.4) is 0 Å². The largest absolute Gasteiger partial charge is 0.342 e. The minimum absolute atomic E-state index is 0.0543. The van der Waals surface area contributed by atoms with Crippen molar-refractivity contribution in [3.8, 4) is 0 Å². The van der Waals surface area contributed by atoms with Crippen LogP contribution in [0.25, 0.3) is 0 Å². The van der Waals surface area contributed by atoms with E-state index in [1.54, 1.807) is 12.4 Å². The van der Waals surface area contributed by atoms with E-state index in [9.17, 15) is 9.59 Å². The summed E-state index contributed by atoms with van der Waals surface area (Å²) in [6, 6.07) is 9.95. The second-order valence-electron chi connectivity index (χ2n) is 8.00. The summed E-state index contributed by atoms with van der Waals surface area (Å²) in [4.78, 5) is 32.0. The maximum Gasteiger partial charge on any atom is 0.235 e. The van der Waals surface area contributed by atoms with Crippen LogP contribution in [0.4, 0.5) is 0 Å². The standard InChI is InChI=1S/C22H27N3O2/c26-21(25-14-18-8-4-5-9-19(18)15-25)13-20(12-17-6-2-1-3-7-17)22(27)24-11-10-23-16-24/h1-3,6-7,10-11,16,18-20H,4-5,8-9,12-15H2/t18-,19+,20-/m0/s1. The quantitative estimate of drug-likeness (QED) is 0.816. The molecular formula is C22H27N3O2. The first-order valence-corrected chi connectivity index (χ1v) is 10.0. The molecular weight excluding hydrogens is 338 g/mol. The van der Waals surface area contributed by atoms with Gasteiger partial charge in [0, 0.05) is 31.9 Å². The SMILES string of the molecule is O=C(C[C@H](Cc1ccccc1)C(=O)n1ccnc1)N1C[C@H]2CCCC[C@H]2C1. The number of hydrogen-bond donors (Lipinski definition) is 0. The van der Waals surface area contributed by atoms with Gasteiger partial charge in [-0.05, 0) is 36.7 Å². The van der Waals surface area contributed by atoms with Crippen LogP contribution in [0, 0.1) is 17.8 Å². The number of fused-ring (bicyclic) bond motifs is 1. The first kappa shape index (κ1) is 18.0. The zero-order valence-electron chi connectivity index (χ0n) is 15.7. The Morgan fingerprint density at radius 2 is 1.78 bits per heavy atom. The number of carbonyl (C=O) groups is 2. The summed E-state index contributed by atoms with van der Waals surface area (Å²) >= 11 is 0. The van der Waals surface area contributed by atoms with Gasteiger partial charge < -0.3 is 4.90 Å². The summed E-state index contributed by atoms with van der Waals surface area (Å²) in [5.41, 5.74) is 1.08. The van der Waals surface area contributed by atoms with Crippen LogP contribution in [0.2, 0.25) is 0 Å². The van der Waals surface area contributed by atoms with E-state index in [1.807, 2.05) is 35.2 Å². The van der Waals surface area contributed by atoms with Crippen LogP contribution in [-0.2, 0) is 11.2 Å². The van der Waals surface area contributed by atoms with Gasteiger partial charge in [-0.3, -0.25) is 14.2 Å². The molecule has 142 valence electrons. The zero-order chi connectivity index (χ0) is 18.6. The molecule has 1 aliphatic heterocycles. The van der Waals surface area contributed by atoms with Crippen molar-refractivity contribution in [1.29, 1.82) is 0 Å². The minimum Gasteiger partial charge on any atom is -0.342 e. The second-order valence-corrected chi connectivity index (χ2v) is 8.00. The fourth-order valence-corrected chi connectivity index (χ4v) is 4.70. The number of nitrogens with zero attached hydrogens (tertiary/aromatic N) is 3. The highest BCUT2D eigenvalue weighted by Gasteiger charge is 2.37. The number of carbonyl (C=O) groups excluding carboxylic acids is 2. The Morgan fingerprint density at radius 1 is 1.07 bits per heavy atom. The monoisotopic (exact) mass is 365 g/mol. The molecule has 2 aromatic rings. The zero-order valence-corrected chi connectivity index (χ0v) is 15.7. The van der Waals surface area contributed by atoms with Crippen molar-refractivity contribution >= 4 is 11.8 Å². The lowest BCUT2D eigenvalue weighted by atomic mass is 9.82. The van der Waals surface area contributed by atoms with Crippen LogP contribution in [0.1, 0.15) is 42.5 Å². The van der Waals surface area contributed by atoms with Crippen molar-refractivity contribution in [2.45, 2.75) is 38.5 Å². The van der Waals surface area contributed by atoms with Gasteiger partial charge in [0.15, 0.2) is 0 Å². The molecule has 27 heavy (non-hydrogen) atoms. The van der Waals surface area contributed by atoms with Crippen molar-refractivity contribution < 1.29 is 9.59 Å². The molecule has 0 unspecified atom stereocenters. The van der Waals surface area contributed by atoms with Crippen LogP contribution in [-0.4, -0.2) is 39.4 Å². The van der Waals surface area contributed by atoms with Crippen molar-refractivity contribution in [3.63, 3.8) is 0 Å². The van der Waals surface area contributed by atoms with Crippen molar-refractivity contribution in [3.05, 3.63) is 54.6 Å². The van der Waals surface area contributed by atoms with Gasteiger partial charge in [0.05, 0.1) is 5.92 Å². The number of likely N-dealkylation sites (tertiary alicyclic amines) is 1. The molecule has 1 aromatic heterocycles. The fourth-order valence-electron chi connectivity index (χ4n) is 4.70. The maximum atomic E-state index is 13.0. The van der Waals surface area contributed by atoms with Crippen LogP contribution >= 0.6 is 0 Å². The summed E-state index contributed by atoms with van der Waals surface area (Å²) in [5.74, 6) is 1.04. The minimum atomic E-state index is -0.364. The Bertz CT molecular complexity index is 758. The molecule has 5 nitrogen and oxygen atoms in total. The Morgan fingerprint density at radius 3 is 2.41 bits per heavy atom. The lowest BCUT2D eigenvalue weighted by molar-refractivity contribution is -0.131. The second kappa shape index (κ2) is 8.07. The number of rotatable bonds is 5. The van der Waals surface area contributed by atoms with E-state index < -0.39 is 0 Å². The van der Waals surface area contributed by atoms with Crippen LogP contribution < -0.4 is 0 Å². The van der Waals surface area contributed by atoms with E-state index in [1.165, 1.54) is 36.6 Å². The molecule has 1 amide bonds. The molecule has 0 radical (unpaired) electrons. The summed E-state index contributed by atoms with van der Waals surface area (Å²) < 4.78 is 1.50. The molecule has 2 fully saturated rings. The molecule has 1 aromatic carbocycles. The Kier molecular flexibility index (Phi) is 5.37. The molecule has 1 aliphatic carbocycles. The normalized spacial score (nSPS) is 23.0. The van der Waals surface area contributed by atoms with Crippen LogP contribution in [0.5, 0.6) is 0 Å². The number of amides is 1. The third-order valence-electron chi connectivity index (χ3n) is 6.18. The molecule has 3 atom stereocenters. The van der Waals surface area contributed by atoms with E-state index in [4.69, 9.17) is 0 Å². The molecule has 1 saturated heterocycles. The van der Waals surface area contributed by atoms with Gasteiger partial charge in [0.25, 0.3) is 0 Å². The smallest absolute Gasteiger partial charge is 0.235 e. The molecule has 1 saturated carbocycles. The Labute approximate surface area is 160 Å². The Hall–Kier alpha value is -2.43. The predicted octanol–water partition coefficient (Wildman–Crippen LogP) is 3.42. The maximum absolute atomic E-state index is 13.0. The molecule has 0 N–H and O–H groups in total. The van der Waals surface area contributed by atoms with Crippen LogP contribution in [0.15, 0.2) is 49.1 Å². The summed E-state index contributed by atoms with van der Waals surface area (Å²) in [5, 5.41) is 0. The predicted molar refractivity (Wildman–Crippen MR) is 103 cm³/mol. The van der Waals surface area contributed by atoms with Crippen molar-refractivity contribution in [1.82, 2.24) is 14.5 Å². The average Bonchev–Trinajstić information content (AvgIpc) is 3.37.